The maximum Gasteiger partial charge on any atom is 0.244 e. The van der Waals surface area contributed by atoms with Gasteiger partial charge in [-0.3, -0.25) is 5.10 Å². The number of sulfonamides is 1. The average Bonchev–Trinajstić information content (AvgIpc) is 2.98. The summed E-state index contributed by atoms with van der Waals surface area (Å²) in [5.74, 6) is 0.581. The summed E-state index contributed by atoms with van der Waals surface area (Å²) in [6.45, 7) is 5.28. The van der Waals surface area contributed by atoms with E-state index in [0.717, 1.165) is 5.56 Å². The second-order valence-electron chi connectivity index (χ2n) is 5.12. The lowest BCUT2D eigenvalue weighted by atomic mass is 10.2. The van der Waals surface area contributed by atoms with E-state index < -0.39 is 10.0 Å². The van der Waals surface area contributed by atoms with E-state index in [1.54, 1.807) is 26.8 Å². The number of fused-ring (bicyclic) bond motifs is 1. The van der Waals surface area contributed by atoms with Crippen LogP contribution in [0.2, 0.25) is 0 Å². The molecule has 3 rings (SSSR count). The molecular formula is C14H16N4O3S. The smallest absolute Gasteiger partial charge is 0.244 e. The summed E-state index contributed by atoms with van der Waals surface area (Å²) in [6.07, 6.45) is 0. The summed E-state index contributed by atoms with van der Waals surface area (Å²) in [7, 11) is -3.61. The van der Waals surface area contributed by atoms with Gasteiger partial charge in [-0.15, -0.1) is 0 Å². The number of hydrogen-bond acceptors (Lipinski definition) is 5. The van der Waals surface area contributed by atoms with Gasteiger partial charge in [0.1, 0.15) is 10.4 Å². The lowest BCUT2D eigenvalue weighted by Crippen LogP contribution is -2.24. The van der Waals surface area contributed by atoms with Gasteiger partial charge >= 0.3 is 0 Å². The number of aromatic nitrogens is 3. The number of benzene rings is 1. The van der Waals surface area contributed by atoms with Gasteiger partial charge in [-0.2, -0.15) is 5.10 Å². The van der Waals surface area contributed by atoms with Gasteiger partial charge in [0.2, 0.25) is 10.0 Å². The minimum absolute atomic E-state index is 0.175. The Kier molecular flexibility index (Phi) is 3.50. The van der Waals surface area contributed by atoms with Crippen LogP contribution < -0.4 is 4.72 Å². The largest absolute Gasteiger partial charge is 0.441 e. The Hall–Kier alpha value is -2.19. The van der Waals surface area contributed by atoms with E-state index in [4.69, 9.17) is 4.42 Å². The van der Waals surface area contributed by atoms with Crippen molar-refractivity contribution in [3.05, 3.63) is 41.0 Å². The highest BCUT2D eigenvalue weighted by molar-refractivity contribution is 7.89. The van der Waals surface area contributed by atoms with Crippen LogP contribution in [-0.2, 0) is 16.6 Å². The van der Waals surface area contributed by atoms with Crippen LogP contribution in [-0.4, -0.2) is 23.6 Å². The minimum Gasteiger partial charge on any atom is -0.441 e. The van der Waals surface area contributed by atoms with E-state index >= 15 is 0 Å². The molecule has 0 aliphatic carbocycles. The average molecular weight is 320 g/mol. The summed E-state index contributed by atoms with van der Waals surface area (Å²) in [6, 6.07) is 5.40. The molecule has 2 heterocycles. The molecule has 0 unspecified atom stereocenters. The van der Waals surface area contributed by atoms with Crippen molar-refractivity contribution in [2.45, 2.75) is 32.2 Å². The molecule has 0 spiro atoms. The predicted molar refractivity (Wildman–Crippen MR) is 80.8 cm³/mol. The third-order valence-corrected chi connectivity index (χ3v) is 5.02. The fourth-order valence-corrected chi connectivity index (χ4v) is 3.77. The lowest BCUT2D eigenvalue weighted by Gasteiger charge is -2.07. The van der Waals surface area contributed by atoms with Crippen molar-refractivity contribution in [3.63, 3.8) is 0 Å². The van der Waals surface area contributed by atoms with E-state index in [-0.39, 0.29) is 11.4 Å². The van der Waals surface area contributed by atoms with Gasteiger partial charge in [0.15, 0.2) is 11.5 Å². The highest BCUT2D eigenvalue weighted by Crippen LogP contribution is 2.19. The molecule has 8 heteroatoms. The lowest BCUT2D eigenvalue weighted by molar-refractivity contribution is 0.561. The molecule has 2 aromatic heterocycles. The summed E-state index contributed by atoms with van der Waals surface area (Å²) in [5.41, 5.74) is 3.18. The van der Waals surface area contributed by atoms with Crippen molar-refractivity contribution in [2.24, 2.45) is 0 Å². The molecular weight excluding hydrogens is 304 g/mol. The number of aromatic amines is 1. The Bertz CT molecular complexity index is 921. The Morgan fingerprint density at radius 1 is 1.27 bits per heavy atom. The Labute approximate surface area is 127 Å². The van der Waals surface area contributed by atoms with Gasteiger partial charge in [0, 0.05) is 13.5 Å². The van der Waals surface area contributed by atoms with Crippen LogP contribution in [0.15, 0.2) is 27.5 Å². The number of rotatable bonds is 4. The zero-order valence-corrected chi connectivity index (χ0v) is 13.3. The van der Waals surface area contributed by atoms with E-state index in [9.17, 15) is 8.42 Å². The van der Waals surface area contributed by atoms with Crippen LogP contribution >= 0.6 is 0 Å². The van der Waals surface area contributed by atoms with Crippen molar-refractivity contribution in [1.82, 2.24) is 19.9 Å². The molecule has 22 heavy (non-hydrogen) atoms. The third kappa shape index (κ3) is 2.62. The van der Waals surface area contributed by atoms with Crippen molar-refractivity contribution >= 4 is 21.1 Å². The number of hydrogen-bond donors (Lipinski definition) is 2. The van der Waals surface area contributed by atoms with E-state index in [1.807, 2.05) is 12.1 Å². The molecule has 2 N–H and O–H groups in total. The number of nitrogens with one attached hydrogen (secondary N) is 2. The Balaban J connectivity index is 1.84. The zero-order chi connectivity index (χ0) is 15.9. The molecule has 1 aromatic carbocycles. The summed E-state index contributed by atoms with van der Waals surface area (Å²) in [5, 5.41) is 6.59. The van der Waals surface area contributed by atoms with Crippen LogP contribution in [0.4, 0.5) is 0 Å². The third-order valence-electron chi connectivity index (χ3n) is 3.35. The second kappa shape index (κ2) is 5.22. The highest BCUT2D eigenvalue weighted by atomic mass is 32.2. The normalized spacial score (nSPS) is 12.1. The Morgan fingerprint density at radius 3 is 2.73 bits per heavy atom. The molecule has 116 valence electrons. The van der Waals surface area contributed by atoms with Crippen LogP contribution in [0.5, 0.6) is 0 Å². The molecule has 7 nitrogen and oxygen atoms in total. The zero-order valence-electron chi connectivity index (χ0n) is 12.5. The molecule has 0 radical (unpaired) electrons. The van der Waals surface area contributed by atoms with E-state index in [0.29, 0.717) is 28.4 Å². The number of nitrogens with zero attached hydrogens (tertiary/aromatic N) is 2. The second-order valence-corrected chi connectivity index (χ2v) is 6.83. The van der Waals surface area contributed by atoms with Crippen LogP contribution in [0, 0.1) is 20.8 Å². The molecule has 0 bridgehead atoms. The maximum atomic E-state index is 12.4. The first-order valence-electron chi connectivity index (χ1n) is 6.74. The van der Waals surface area contributed by atoms with E-state index in [2.05, 4.69) is 19.9 Å². The van der Waals surface area contributed by atoms with Gasteiger partial charge in [0.05, 0.1) is 11.4 Å². The van der Waals surface area contributed by atoms with Gasteiger partial charge in [0.25, 0.3) is 0 Å². The minimum atomic E-state index is -3.61. The summed E-state index contributed by atoms with van der Waals surface area (Å²) in [4.78, 5) is 4.44. The van der Waals surface area contributed by atoms with Crippen LogP contribution in [0.25, 0.3) is 11.1 Å². The summed E-state index contributed by atoms with van der Waals surface area (Å²) < 4.78 is 32.7. The standard InChI is InChI=1S/C14H16N4O3S/c1-8-14(9(2)18-17-8)22(19,20)15-7-11-4-5-13-12(6-11)16-10(3)21-13/h4-6,15H,7H2,1-3H3,(H,17,18). The van der Waals surface area contributed by atoms with Gasteiger partial charge < -0.3 is 4.42 Å². The fraction of sp³-hybridized carbons (Fsp3) is 0.286. The van der Waals surface area contributed by atoms with Gasteiger partial charge in [-0.25, -0.2) is 18.1 Å². The first-order valence-corrected chi connectivity index (χ1v) is 8.22. The van der Waals surface area contributed by atoms with Crippen LogP contribution in [0.1, 0.15) is 22.8 Å². The fourth-order valence-electron chi connectivity index (χ4n) is 2.39. The molecule has 3 aromatic rings. The Morgan fingerprint density at radius 2 is 2.05 bits per heavy atom. The molecule has 0 saturated heterocycles. The number of oxazole rings is 1. The quantitative estimate of drug-likeness (QED) is 0.765. The molecule has 0 amide bonds. The molecule has 0 aliphatic heterocycles. The highest BCUT2D eigenvalue weighted by Gasteiger charge is 2.21. The SMILES string of the molecule is Cc1nc2cc(CNS(=O)(=O)c3c(C)n[nH]c3C)ccc2o1. The molecule has 0 atom stereocenters. The topological polar surface area (TPSA) is 101 Å². The number of H-pyrrole nitrogens is 1. The predicted octanol–water partition coefficient (Wildman–Crippen LogP) is 1.95. The first-order chi connectivity index (χ1) is 10.4. The first kappa shape index (κ1) is 14.7. The number of aryl methyl sites for hydroxylation is 3. The van der Waals surface area contributed by atoms with Gasteiger partial charge in [-0.1, -0.05) is 6.07 Å². The van der Waals surface area contributed by atoms with Crippen molar-refractivity contribution in [3.8, 4) is 0 Å². The molecule has 0 saturated carbocycles. The molecule has 0 fully saturated rings. The maximum absolute atomic E-state index is 12.4. The monoisotopic (exact) mass is 320 g/mol. The van der Waals surface area contributed by atoms with E-state index in [1.165, 1.54) is 0 Å². The van der Waals surface area contributed by atoms with Crippen molar-refractivity contribution < 1.29 is 12.8 Å². The summed E-state index contributed by atoms with van der Waals surface area (Å²) >= 11 is 0. The van der Waals surface area contributed by atoms with Gasteiger partial charge in [-0.05, 0) is 31.5 Å². The van der Waals surface area contributed by atoms with Crippen molar-refractivity contribution in [1.29, 1.82) is 0 Å². The molecule has 0 aliphatic rings. The van der Waals surface area contributed by atoms with Crippen LogP contribution in [0.3, 0.4) is 0 Å². The van der Waals surface area contributed by atoms with Crippen molar-refractivity contribution in [2.75, 3.05) is 0 Å².